The number of rotatable bonds is 6. The summed E-state index contributed by atoms with van der Waals surface area (Å²) in [6.45, 7) is 6.25. The molecule has 0 saturated carbocycles. The van der Waals surface area contributed by atoms with E-state index in [1.807, 2.05) is 11.0 Å². The summed E-state index contributed by atoms with van der Waals surface area (Å²) in [4.78, 5) is 20.2. The maximum atomic E-state index is 12.9. The molecule has 1 fully saturated rings. The minimum atomic E-state index is -0.140. The third-order valence-corrected chi connectivity index (χ3v) is 9.24. The van der Waals surface area contributed by atoms with Gasteiger partial charge in [-0.05, 0) is 42.2 Å². The number of aromatic nitrogens is 4. The fraction of sp³-hybridized carbons (Fsp3) is 0.379. The number of thioether (sulfide) groups is 2. The highest BCUT2D eigenvalue weighted by Gasteiger charge is 2.36. The lowest BCUT2D eigenvalue weighted by atomic mass is 9.72. The second-order valence-electron chi connectivity index (χ2n) is 10.5. The monoisotopic (exact) mass is 529 g/mol. The van der Waals surface area contributed by atoms with E-state index in [1.54, 1.807) is 11.8 Å². The van der Waals surface area contributed by atoms with Crippen LogP contribution in [0.1, 0.15) is 49.8 Å². The van der Waals surface area contributed by atoms with Gasteiger partial charge in [-0.2, -0.15) is 0 Å². The fourth-order valence-electron chi connectivity index (χ4n) is 5.47. The van der Waals surface area contributed by atoms with E-state index in [0.717, 1.165) is 65.3 Å². The SMILES string of the molecule is CC1(C)Cc2ccccc2-c2nc(SCc3ccccc3)n3c(SCC(=O)N4CCCCC4)nnc3c21. The molecule has 2 aliphatic rings. The van der Waals surface area contributed by atoms with Gasteiger partial charge in [-0.15, -0.1) is 10.2 Å². The van der Waals surface area contributed by atoms with Gasteiger partial charge in [0.25, 0.3) is 0 Å². The van der Waals surface area contributed by atoms with Crippen molar-refractivity contribution in [3.63, 3.8) is 0 Å². The lowest BCUT2D eigenvalue weighted by Gasteiger charge is -2.33. The van der Waals surface area contributed by atoms with Gasteiger partial charge in [-0.3, -0.25) is 4.79 Å². The highest BCUT2D eigenvalue weighted by atomic mass is 32.2. The highest BCUT2D eigenvalue weighted by molar-refractivity contribution is 8.00. The molecule has 6 nitrogen and oxygen atoms in total. The standard InChI is InChI=1S/C29H31N5OS2/c1-29(2)17-21-13-7-8-14-22(21)25-24(29)26-31-32-28(37-19-23(35)33-15-9-4-10-16-33)34(26)27(30-25)36-18-20-11-5-3-6-12-20/h3,5-8,11-14H,4,9-10,15-19H2,1-2H3. The van der Waals surface area contributed by atoms with Crippen LogP contribution in [0.25, 0.3) is 16.9 Å². The zero-order valence-corrected chi connectivity index (χ0v) is 22.9. The minimum absolute atomic E-state index is 0.140. The average molecular weight is 530 g/mol. The summed E-state index contributed by atoms with van der Waals surface area (Å²) in [6.07, 6.45) is 4.32. The van der Waals surface area contributed by atoms with Crippen LogP contribution in [-0.4, -0.2) is 49.2 Å². The van der Waals surface area contributed by atoms with E-state index in [2.05, 4.69) is 71.9 Å². The van der Waals surface area contributed by atoms with Crippen molar-refractivity contribution in [1.82, 2.24) is 24.5 Å². The second-order valence-corrected chi connectivity index (χ2v) is 12.4. The van der Waals surface area contributed by atoms with Crippen LogP contribution in [0.4, 0.5) is 0 Å². The number of hydrogen-bond acceptors (Lipinski definition) is 6. The van der Waals surface area contributed by atoms with Crippen molar-refractivity contribution < 1.29 is 4.79 Å². The number of nitrogens with zero attached hydrogens (tertiary/aromatic N) is 5. The molecule has 0 N–H and O–H groups in total. The van der Waals surface area contributed by atoms with Crippen LogP contribution in [0, 0.1) is 0 Å². The lowest BCUT2D eigenvalue weighted by molar-refractivity contribution is -0.129. The smallest absolute Gasteiger partial charge is 0.233 e. The molecule has 0 bridgehead atoms. The van der Waals surface area contributed by atoms with Gasteiger partial charge in [0, 0.05) is 30.0 Å². The van der Waals surface area contributed by atoms with Crippen molar-refractivity contribution in [1.29, 1.82) is 0 Å². The summed E-state index contributed by atoms with van der Waals surface area (Å²) in [7, 11) is 0. The van der Waals surface area contributed by atoms with E-state index in [4.69, 9.17) is 10.1 Å². The predicted molar refractivity (Wildman–Crippen MR) is 150 cm³/mol. The van der Waals surface area contributed by atoms with E-state index in [9.17, 15) is 4.79 Å². The second kappa shape index (κ2) is 10.1. The molecule has 190 valence electrons. The first kappa shape index (κ1) is 24.5. The van der Waals surface area contributed by atoms with Crippen molar-refractivity contribution in [3.05, 3.63) is 71.3 Å². The van der Waals surface area contributed by atoms with Crippen LogP contribution in [-0.2, 0) is 22.4 Å². The third-order valence-electron chi connectivity index (χ3n) is 7.32. The zero-order valence-electron chi connectivity index (χ0n) is 21.3. The first-order valence-electron chi connectivity index (χ1n) is 13.0. The van der Waals surface area contributed by atoms with Crippen molar-refractivity contribution in [2.45, 2.75) is 61.0 Å². The van der Waals surface area contributed by atoms with Gasteiger partial charge in [-0.1, -0.05) is 92.0 Å². The van der Waals surface area contributed by atoms with Gasteiger partial charge in [0.1, 0.15) is 0 Å². The number of fused-ring (bicyclic) bond motifs is 5. The molecule has 37 heavy (non-hydrogen) atoms. The normalized spacial score (nSPS) is 16.4. The number of likely N-dealkylation sites (tertiary alicyclic amines) is 1. The maximum Gasteiger partial charge on any atom is 0.233 e. The Morgan fingerprint density at radius 2 is 1.68 bits per heavy atom. The van der Waals surface area contributed by atoms with Gasteiger partial charge < -0.3 is 4.90 Å². The van der Waals surface area contributed by atoms with Crippen molar-refractivity contribution >= 4 is 35.1 Å². The summed E-state index contributed by atoms with van der Waals surface area (Å²) < 4.78 is 2.09. The van der Waals surface area contributed by atoms with Gasteiger partial charge in [0.05, 0.1) is 11.4 Å². The summed E-state index contributed by atoms with van der Waals surface area (Å²) in [5.74, 6) is 1.34. The molecule has 6 rings (SSSR count). The Balaban J connectivity index is 1.42. The molecule has 3 heterocycles. The first-order chi connectivity index (χ1) is 18.0. The number of benzene rings is 2. The number of carbonyl (C=O) groups is 1. The molecular weight excluding hydrogens is 498 g/mol. The molecule has 1 aliphatic heterocycles. The van der Waals surface area contributed by atoms with Crippen LogP contribution >= 0.6 is 23.5 Å². The summed E-state index contributed by atoms with van der Waals surface area (Å²) in [5.41, 5.74) is 6.59. The fourth-order valence-corrected chi connectivity index (χ4v) is 7.31. The molecule has 0 spiro atoms. The summed E-state index contributed by atoms with van der Waals surface area (Å²) >= 11 is 3.17. The van der Waals surface area contributed by atoms with E-state index in [0.29, 0.717) is 5.75 Å². The highest BCUT2D eigenvalue weighted by Crippen LogP contribution is 2.45. The van der Waals surface area contributed by atoms with Crippen LogP contribution in [0.3, 0.4) is 0 Å². The van der Waals surface area contributed by atoms with Gasteiger partial charge in [0.15, 0.2) is 16.0 Å². The van der Waals surface area contributed by atoms with Gasteiger partial charge in [-0.25, -0.2) is 9.38 Å². The molecule has 0 unspecified atom stereocenters. The van der Waals surface area contributed by atoms with Crippen molar-refractivity contribution in [2.75, 3.05) is 18.8 Å². The minimum Gasteiger partial charge on any atom is -0.342 e. The number of amides is 1. The molecular formula is C29H31N5OS2. The molecule has 0 radical (unpaired) electrons. The van der Waals surface area contributed by atoms with Crippen LogP contribution in [0.5, 0.6) is 0 Å². The van der Waals surface area contributed by atoms with Gasteiger partial charge in [0.2, 0.25) is 5.91 Å². The van der Waals surface area contributed by atoms with E-state index in [-0.39, 0.29) is 11.3 Å². The Morgan fingerprint density at radius 1 is 0.919 bits per heavy atom. The molecule has 0 atom stereocenters. The molecule has 1 aliphatic carbocycles. The largest absolute Gasteiger partial charge is 0.342 e. The Labute approximate surface area is 226 Å². The Hall–Kier alpha value is -2.84. The molecule has 8 heteroatoms. The lowest BCUT2D eigenvalue weighted by Crippen LogP contribution is -2.36. The molecule has 1 amide bonds. The third kappa shape index (κ3) is 4.77. The van der Waals surface area contributed by atoms with Gasteiger partial charge >= 0.3 is 0 Å². The average Bonchev–Trinajstić information content (AvgIpc) is 3.35. The molecule has 2 aromatic carbocycles. The van der Waals surface area contributed by atoms with Crippen LogP contribution in [0.15, 0.2) is 64.9 Å². The zero-order chi connectivity index (χ0) is 25.4. The van der Waals surface area contributed by atoms with E-state index in [1.165, 1.54) is 34.9 Å². The topological polar surface area (TPSA) is 63.4 Å². The predicted octanol–water partition coefficient (Wildman–Crippen LogP) is 6.02. The number of piperidine rings is 1. The molecule has 4 aromatic rings. The summed E-state index contributed by atoms with van der Waals surface area (Å²) in [5, 5.41) is 10.9. The quantitative estimate of drug-likeness (QED) is 0.225. The summed E-state index contributed by atoms with van der Waals surface area (Å²) in [6, 6.07) is 19.0. The van der Waals surface area contributed by atoms with Crippen LogP contribution in [0.2, 0.25) is 0 Å². The molecule has 2 aromatic heterocycles. The van der Waals surface area contributed by atoms with Crippen molar-refractivity contribution in [3.8, 4) is 11.3 Å². The number of carbonyl (C=O) groups excluding carboxylic acids is 1. The Bertz CT molecular complexity index is 1440. The maximum absolute atomic E-state index is 12.9. The Morgan fingerprint density at radius 3 is 2.49 bits per heavy atom. The van der Waals surface area contributed by atoms with E-state index < -0.39 is 0 Å². The Kier molecular flexibility index (Phi) is 6.71. The van der Waals surface area contributed by atoms with Crippen LogP contribution < -0.4 is 0 Å². The van der Waals surface area contributed by atoms with E-state index >= 15 is 0 Å². The number of hydrogen-bond donors (Lipinski definition) is 0. The first-order valence-corrected chi connectivity index (χ1v) is 14.9. The molecule has 1 saturated heterocycles. The van der Waals surface area contributed by atoms with Crippen molar-refractivity contribution in [2.24, 2.45) is 0 Å².